The summed E-state index contributed by atoms with van der Waals surface area (Å²) in [6.07, 6.45) is 0.420. The SMILES string of the molecule is CCn1c(=O)c(CCO)cc2ccccc21. The molecule has 84 valence electrons. The molecule has 0 fully saturated rings. The molecule has 1 N–H and O–H groups in total. The van der Waals surface area contributed by atoms with E-state index in [9.17, 15) is 4.79 Å². The molecule has 0 aliphatic carbocycles. The van der Waals surface area contributed by atoms with Crippen molar-refractivity contribution >= 4 is 10.9 Å². The van der Waals surface area contributed by atoms with E-state index in [2.05, 4.69) is 0 Å². The predicted octanol–water partition coefficient (Wildman–Crippen LogP) is 1.56. The number of aromatic nitrogens is 1. The van der Waals surface area contributed by atoms with Crippen LogP contribution in [0.25, 0.3) is 10.9 Å². The largest absolute Gasteiger partial charge is 0.396 e. The van der Waals surface area contributed by atoms with Gasteiger partial charge in [-0.05, 0) is 24.4 Å². The van der Waals surface area contributed by atoms with Crippen LogP contribution in [0.3, 0.4) is 0 Å². The van der Waals surface area contributed by atoms with Gasteiger partial charge in [0.2, 0.25) is 0 Å². The second kappa shape index (κ2) is 4.49. The summed E-state index contributed by atoms with van der Waals surface area (Å²) < 4.78 is 1.75. The number of rotatable bonds is 3. The van der Waals surface area contributed by atoms with Crippen LogP contribution < -0.4 is 5.56 Å². The first-order valence-corrected chi connectivity index (χ1v) is 5.50. The van der Waals surface area contributed by atoms with E-state index >= 15 is 0 Å². The molecule has 0 spiro atoms. The third-order valence-electron chi connectivity index (χ3n) is 2.77. The first-order chi connectivity index (χ1) is 7.77. The molecule has 0 aliphatic heterocycles. The van der Waals surface area contributed by atoms with Crippen LogP contribution in [0.5, 0.6) is 0 Å². The van der Waals surface area contributed by atoms with Gasteiger partial charge in [0.25, 0.3) is 5.56 Å². The molecule has 0 amide bonds. The molecule has 0 radical (unpaired) electrons. The number of fused-ring (bicyclic) bond motifs is 1. The third-order valence-corrected chi connectivity index (χ3v) is 2.77. The second-order valence-electron chi connectivity index (χ2n) is 3.75. The van der Waals surface area contributed by atoms with Gasteiger partial charge in [0.05, 0.1) is 5.52 Å². The molecule has 16 heavy (non-hydrogen) atoms. The lowest BCUT2D eigenvalue weighted by molar-refractivity contribution is 0.299. The molecule has 0 unspecified atom stereocenters. The maximum absolute atomic E-state index is 12.1. The van der Waals surface area contributed by atoms with E-state index < -0.39 is 0 Å². The number of hydrogen-bond acceptors (Lipinski definition) is 2. The molecule has 2 aromatic rings. The molecule has 0 aliphatic rings. The average molecular weight is 217 g/mol. The first kappa shape index (κ1) is 10.9. The Bertz CT molecular complexity index is 557. The second-order valence-corrected chi connectivity index (χ2v) is 3.75. The van der Waals surface area contributed by atoms with Crippen molar-refractivity contribution in [1.29, 1.82) is 0 Å². The molecule has 2 rings (SSSR count). The van der Waals surface area contributed by atoms with Crippen molar-refractivity contribution in [2.24, 2.45) is 0 Å². The maximum Gasteiger partial charge on any atom is 0.254 e. The number of aliphatic hydroxyl groups excluding tert-OH is 1. The van der Waals surface area contributed by atoms with Gasteiger partial charge in [-0.3, -0.25) is 4.79 Å². The number of aryl methyl sites for hydroxylation is 1. The number of aliphatic hydroxyl groups is 1. The average Bonchev–Trinajstić information content (AvgIpc) is 2.31. The lowest BCUT2D eigenvalue weighted by atomic mass is 10.1. The van der Waals surface area contributed by atoms with E-state index in [4.69, 9.17) is 5.11 Å². The number of para-hydroxylation sites is 1. The zero-order valence-corrected chi connectivity index (χ0v) is 9.31. The van der Waals surface area contributed by atoms with Crippen LogP contribution in [0.2, 0.25) is 0 Å². The molecule has 0 saturated heterocycles. The van der Waals surface area contributed by atoms with Crippen LogP contribution in [-0.4, -0.2) is 16.3 Å². The van der Waals surface area contributed by atoms with E-state index in [-0.39, 0.29) is 12.2 Å². The van der Waals surface area contributed by atoms with Gasteiger partial charge in [-0.2, -0.15) is 0 Å². The van der Waals surface area contributed by atoms with Crippen LogP contribution in [0, 0.1) is 0 Å². The summed E-state index contributed by atoms with van der Waals surface area (Å²) in [5, 5.41) is 9.98. The Morgan fingerprint density at radius 1 is 1.31 bits per heavy atom. The van der Waals surface area contributed by atoms with Crippen molar-refractivity contribution < 1.29 is 5.11 Å². The molecule has 1 heterocycles. The Labute approximate surface area is 94.0 Å². The van der Waals surface area contributed by atoms with Crippen molar-refractivity contribution in [3.8, 4) is 0 Å². The molecule has 3 heteroatoms. The highest BCUT2D eigenvalue weighted by molar-refractivity contribution is 5.79. The van der Waals surface area contributed by atoms with E-state index in [0.29, 0.717) is 18.5 Å². The van der Waals surface area contributed by atoms with Gasteiger partial charge < -0.3 is 9.67 Å². The fourth-order valence-corrected chi connectivity index (χ4v) is 2.00. The van der Waals surface area contributed by atoms with Gasteiger partial charge in [0.15, 0.2) is 0 Å². The zero-order chi connectivity index (χ0) is 11.5. The van der Waals surface area contributed by atoms with E-state index in [1.165, 1.54) is 0 Å². The normalized spacial score (nSPS) is 10.9. The summed E-state index contributed by atoms with van der Waals surface area (Å²) in [5.41, 5.74) is 1.65. The van der Waals surface area contributed by atoms with Crippen molar-refractivity contribution in [3.05, 3.63) is 46.2 Å². The summed E-state index contributed by atoms with van der Waals surface area (Å²) in [6.45, 7) is 2.62. The molecule has 1 aromatic heterocycles. The van der Waals surface area contributed by atoms with Gasteiger partial charge in [0, 0.05) is 25.1 Å². The maximum atomic E-state index is 12.1. The topological polar surface area (TPSA) is 42.2 Å². The van der Waals surface area contributed by atoms with Gasteiger partial charge in [-0.25, -0.2) is 0 Å². The van der Waals surface area contributed by atoms with Gasteiger partial charge in [-0.1, -0.05) is 18.2 Å². The third kappa shape index (κ3) is 1.74. The zero-order valence-electron chi connectivity index (χ0n) is 9.31. The van der Waals surface area contributed by atoms with Crippen LogP contribution in [0.15, 0.2) is 35.1 Å². The quantitative estimate of drug-likeness (QED) is 0.847. The summed E-state index contributed by atoms with van der Waals surface area (Å²) >= 11 is 0. The molecule has 1 aromatic carbocycles. The van der Waals surface area contributed by atoms with Gasteiger partial charge in [-0.15, -0.1) is 0 Å². The standard InChI is InChI=1S/C13H15NO2/c1-2-14-12-6-4-3-5-10(12)9-11(7-8-15)13(14)16/h3-6,9,15H,2,7-8H2,1H3. The fourth-order valence-electron chi connectivity index (χ4n) is 2.00. The lowest BCUT2D eigenvalue weighted by Crippen LogP contribution is -2.23. The predicted molar refractivity (Wildman–Crippen MR) is 64.7 cm³/mol. The van der Waals surface area contributed by atoms with Crippen molar-refractivity contribution in [2.75, 3.05) is 6.61 Å². The Hall–Kier alpha value is -1.61. The Morgan fingerprint density at radius 2 is 2.06 bits per heavy atom. The monoisotopic (exact) mass is 217 g/mol. The molecule has 3 nitrogen and oxygen atoms in total. The minimum atomic E-state index is 0.00949. The number of nitrogens with zero attached hydrogens (tertiary/aromatic N) is 1. The lowest BCUT2D eigenvalue weighted by Gasteiger charge is -2.10. The number of hydrogen-bond donors (Lipinski definition) is 1. The molecular formula is C13H15NO2. The fraction of sp³-hybridized carbons (Fsp3) is 0.308. The van der Waals surface area contributed by atoms with Crippen molar-refractivity contribution in [3.63, 3.8) is 0 Å². The summed E-state index contributed by atoms with van der Waals surface area (Å²) in [6, 6.07) is 9.69. The van der Waals surface area contributed by atoms with Crippen LogP contribution in [0.1, 0.15) is 12.5 Å². The van der Waals surface area contributed by atoms with Crippen LogP contribution in [0.4, 0.5) is 0 Å². The minimum absolute atomic E-state index is 0.00949. The Balaban J connectivity index is 2.77. The summed E-state index contributed by atoms with van der Waals surface area (Å²) in [5.74, 6) is 0. The van der Waals surface area contributed by atoms with E-state index in [0.717, 1.165) is 10.9 Å². The summed E-state index contributed by atoms with van der Waals surface area (Å²) in [7, 11) is 0. The van der Waals surface area contributed by atoms with E-state index in [1.807, 2.05) is 37.3 Å². The van der Waals surface area contributed by atoms with Crippen LogP contribution >= 0.6 is 0 Å². The molecular weight excluding hydrogens is 202 g/mol. The van der Waals surface area contributed by atoms with Gasteiger partial charge in [0.1, 0.15) is 0 Å². The highest BCUT2D eigenvalue weighted by atomic mass is 16.3. The highest BCUT2D eigenvalue weighted by Crippen LogP contribution is 2.13. The first-order valence-electron chi connectivity index (χ1n) is 5.50. The summed E-state index contributed by atoms with van der Waals surface area (Å²) in [4.78, 5) is 12.1. The Morgan fingerprint density at radius 3 is 2.75 bits per heavy atom. The van der Waals surface area contributed by atoms with Crippen molar-refractivity contribution in [1.82, 2.24) is 4.57 Å². The smallest absolute Gasteiger partial charge is 0.254 e. The highest BCUT2D eigenvalue weighted by Gasteiger charge is 2.06. The van der Waals surface area contributed by atoms with Gasteiger partial charge >= 0.3 is 0 Å². The number of pyridine rings is 1. The Kier molecular flexibility index (Phi) is 3.06. The molecule has 0 atom stereocenters. The molecule has 0 bridgehead atoms. The van der Waals surface area contributed by atoms with Crippen molar-refractivity contribution in [2.45, 2.75) is 19.9 Å². The minimum Gasteiger partial charge on any atom is -0.396 e. The van der Waals surface area contributed by atoms with E-state index in [1.54, 1.807) is 4.57 Å². The number of benzene rings is 1. The molecule has 0 saturated carbocycles. The van der Waals surface area contributed by atoms with Crippen LogP contribution in [-0.2, 0) is 13.0 Å².